The first-order valence-electron chi connectivity index (χ1n) is 6.11. The molecular formula is C13H18N2O2. The van der Waals surface area contributed by atoms with Gasteiger partial charge in [-0.05, 0) is 30.9 Å². The van der Waals surface area contributed by atoms with E-state index in [1.54, 1.807) is 12.1 Å². The Morgan fingerprint density at radius 2 is 2.12 bits per heavy atom. The molecule has 1 atom stereocenters. The number of likely N-dealkylation sites (tertiary alicyclic amines) is 1. The van der Waals surface area contributed by atoms with Crippen molar-refractivity contribution in [2.75, 3.05) is 13.1 Å². The first kappa shape index (κ1) is 12.0. The van der Waals surface area contributed by atoms with Crippen molar-refractivity contribution in [1.82, 2.24) is 4.90 Å². The fourth-order valence-electron chi connectivity index (χ4n) is 2.41. The van der Waals surface area contributed by atoms with Gasteiger partial charge in [-0.25, -0.2) is 0 Å². The molecule has 1 heterocycles. The summed E-state index contributed by atoms with van der Waals surface area (Å²) < 4.78 is 0. The van der Waals surface area contributed by atoms with E-state index in [1.165, 1.54) is 12.8 Å². The molecule has 0 N–H and O–H groups in total. The van der Waals surface area contributed by atoms with E-state index < -0.39 is 0 Å². The number of nitro benzene ring substituents is 1. The highest BCUT2D eigenvalue weighted by atomic mass is 16.6. The van der Waals surface area contributed by atoms with E-state index >= 15 is 0 Å². The third kappa shape index (κ3) is 3.27. The quantitative estimate of drug-likeness (QED) is 0.596. The van der Waals surface area contributed by atoms with E-state index in [2.05, 4.69) is 11.8 Å². The number of non-ortho nitro benzene ring substituents is 1. The van der Waals surface area contributed by atoms with Gasteiger partial charge >= 0.3 is 0 Å². The highest BCUT2D eigenvalue weighted by Gasteiger charge is 2.16. The monoisotopic (exact) mass is 234 g/mol. The fraction of sp³-hybridized carbons (Fsp3) is 0.538. The third-order valence-corrected chi connectivity index (χ3v) is 3.29. The number of rotatable bonds is 3. The number of hydrogen-bond acceptors (Lipinski definition) is 3. The van der Waals surface area contributed by atoms with Crippen molar-refractivity contribution in [3.05, 3.63) is 39.9 Å². The second-order valence-corrected chi connectivity index (χ2v) is 4.91. The van der Waals surface area contributed by atoms with E-state index in [1.807, 2.05) is 12.1 Å². The van der Waals surface area contributed by atoms with Crippen molar-refractivity contribution in [2.24, 2.45) is 5.92 Å². The predicted molar refractivity (Wildman–Crippen MR) is 66.8 cm³/mol. The van der Waals surface area contributed by atoms with Gasteiger partial charge in [-0.1, -0.05) is 19.1 Å². The molecule has 0 radical (unpaired) electrons. The van der Waals surface area contributed by atoms with Gasteiger partial charge in [-0.3, -0.25) is 15.0 Å². The van der Waals surface area contributed by atoms with E-state index in [4.69, 9.17) is 0 Å². The van der Waals surface area contributed by atoms with Crippen LogP contribution in [0.25, 0.3) is 0 Å². The van der Waals surface area contributed by atoms with Crippen molar-refractivity contribution in [1.29, 1.82) is 0 Å². The van der Waals surface area contributed by atoms with Crippen LogP contribution in [0.1, 0.15) is 25.3 Å². The van der Waals surface area contributed by atoms with Crippen LogP contribution in [0.5, 0.6) is 0 Å². The van der Waals surface area contributed by atoms with Crippen molar-refractivity contribution in [2.45, 2.75) is 26.3 Å². The maximum Gasteiger partial charge on any atom is 0.269 e. The Morgan fingerprint density at radius 1 is 1.41 bits per heavy atom. The number of nitrogens with zero attached hydrogens (tertiary/aromatic N) is 2. The highest BCUT2D eigenvalue weighted by molar-refractivity contribution is 5.32. The Hall–Kier alpha value is -1.42. The van der Waals surface area contributed by atoms with Crippen LogP contribution in [0, 0.1) is 16.0 Å². The molecule has 1 aliphatic heterocycles. The summed E-state index contributed by atoms with van der Waals surface area (Å²) in [6.07, 6.45) is 2.57. The van der Waals surface area contributed by atoms with Crippen molar-refractivity contribution in [3.8, 4) is 0 Å². The Labute approximate surface area is 101 Å². The maximum absolute atomic E-state index is 10.5. The van der Waals surface area contributed by atoms with Crippen molar-refractivity contribution in [3.63, 3.8) is 0 Å². The topological polar surface area (TPSA) is 46.4 Å². The second-order valence-electron chi connectivity index (χ2n) is 4.91. The molecule has 1 aromatic rings. The molecule has 1 saturated heterocycles. The van der Waals surface area contributed by atoms with Gasteiger partial charge in [0.05, 0.1) is 4.92 Å². The van der Waals surface area contributed by atoms with E-state index in [0.717, 1.165) is 31.1 Å². The average molecular weight is 234 g/mol. The number of benzene rings is 1. The largest absolute Gasteiger partial charge is 0.299 e. The van der Waals surface area contributed by atoms with Gasteiger partial charge in [0.25, 0.3) is 5.69 Å². The highest BCUT2D eigenvalue weighted by Crippen LogP contribution is 2.19. The lowest BCUT2D eigenvalue weighted by Gasteiger charge is -2.30. The van der Waals surface area contributed by atoms with Crippen LogP contribution in [-0.2, 0) is 6.54 Å². The van der Waals surface area contributed by atoms with Crippen LogP contribution >= 0.6 is 0 Å². The Balaban J connectivity index is 1.96. The van der Waals surface area contributed by atoms with Gasteiger partial charge < -0.3 is 0 Å². The summed E-state index contributed by atoms with van der Waals surface area (Å²) in [6, 6.07) is 6.89. The van der Waals surface area contributed by atoms with Gasteiger partial charge in [0.15, 0.2) is 0 Å². The van der Waals surface area contributed by atoms with Crippen LogP contribution in [0.3, 0.4) is 0 Å². The minimum Gasteiger partial charge on any atom is -0.299 e. The summed E-state index contributed by atoms with van der Waals surface area (Å²) in [7, 11) is 0. The average Bonchev–Trinajstić information content (AvgIpc) is 2.29. The van der Waals surface area contributed by atoms with E-state index in [0.29, 0.717) is 0 Å². The number of piperidine rings is 1. The minimum absolute atomic E-state index is 0.167. The molecule has 0 aromatic heterocycles. The lowest BCUT2D eigenvalue weighted by atomic mass is 10.00. The molecule has 1 unspecified atom stereocenters. The molecule has 92 valence electrons. The zero-order valence-corrected chi connectivity index (χ0v) is 10.1. The van der Waals surface area contributed by atoms with E-state index in [9.17, 15) is 10.1 Å². The van der Waals surface area contributed by atoms with Gasteiger partial charge in [0.1, 0.15) is 0 Å². The first-order valence-corrected chi connectivity index (χ1v) is 6.11. The first-order chi connectivity index (χ1) is 8.15. The molecule has 0 amide bonds. The molecular weight excluding hydrogens is 216 g/mol. The smallest absolute Gasteiger partial charge is 0.269 e. The summed E-state index contributed by atoms with van der Waals surface area (Å²) in [6.45, 7) is 5.46. The molecule has 0 bridgehead atoms. The normalized spacial score (nSPS) is 21.4. The molecule has 0 saturated carbocycles. The van der Waals surface area contributed by atoms with Crippen LogP contribution in [0.2, 0.25) is 0 Å². The van der Waals surface area contributed by atoms with Gasteiger partial charge in [-0.2, -0.15) is 0 Å². The molecule has 1 aromatic carbocycles. The van der Waals surface area contributed by atoms with Crippen LogP contribution in [0.15, 0.2) is 24.3 Å². The molecule has 2 rings (SSSR count). The van der Waals surface area contributed by atoms with Gasteiger partial charge in [-0.15, -0.1) is 0 Å². The molecule has 0 spiro atoms. The summed E-state index contributed by atoms with van der Waals surface area (Å²) in [5, 5.41) is 10.5. The number of nitro groups is 1. The molecule has 1 aliphatic rings. The Kier molecular flexibility index (Phi) is 3.74. The van der Waals surface area contributed by atoms with Crippen LogP contribution in [0.4, 0.5) is 5.69 Å². The minimum atomic E-state index is -0.354. The molecule has 1 fully saturated rings. The lowest BCUT2D eigenvalue weighted by molar-refractivity contribution is -0.384. The molecule has 4 nitrogen and oxygen atoms in total. The zero-order chi connectivity index (χ0) is 12.3. The third-order valence-electron chi connectivity index (χ3n) is 3.29. The number of hydrogen-bond donors (Lipinski definition) is 0. The second kappa shape index (κ2) is 5.27. The predicted octanol–water partition coefficient (Wildman–Crippen LogP) is 2.83. The molecule has 4 heteroatoms. The van der Waals surface area contributed by atoms with E-state index in [-0.39, 0.29) is 10.6 Å². The summed E-state index contributed by atoms with van der Waals surface area (Å²) in [5.41, 5.74) is 1.32. The van der Waals surface area contributed by atoms with Crippen molar-refractivity contribution >= 4 is 5.69 Å². The van der Waals surface area contributed by atoms with Crippen molar-refractivity contribution < 1.29 is 4.92 Å². The van der Waals surface area contributed by atoms with Crippen LogP contribution in [-0.4, -0.2) is 22.9 Å². The van der Waals surface area contributed by atoms with Gasteiger partial charge in [0.2, 0.25) is 0 Å². The van der Waals surface area contributed by atoms with Crippen LogP contribution < -0.4 is 0 Å². The Bertz CT molecular complexity index is 389. The fourth-order valence-corrected chi connectivity index (χ4v) is 2.41. The summed E-state index contributed by atoms with van der Waals surface area (Å²) >= 11 is 0. The van der Waals surface area contributed by atoms with Gasteiger partial charge in [0, 0.05) is 25.2 Å². The lowest BCUT2D eigenvalue weighted by Crippen LogP contribution is -2.33. The Morgan fingerprint density at radius 3 is 2.71 bits per heavy atom. The molecule has 17 heavy (non-hydrogen) atoms. The molecule has 0 aliphatic carbocycles. The summed E-state index contributed by atoms with van der Waals surface area (Å²) in [5.74, 6) is 0.766. The SMILES string of the molecule is CC1CCCN(Cc2ccc([N+](=O)[O-])cc2)C1. The zero-order valence-electron chi connectivity index (χ0n) is 10.1. The maximum atomic E-state index is 10.5. The standard InChI is InChI=1S/C13H18N2O2/c1-11-3-2-8-14(9-11)10-12-4-6-13(7-5-12)15(16)17/h4-7,11H,2-3,8-10H2,1H3. The summed E-state index contributed by atoms with van der Waals surface area (Å²) in [4.78, 5) is 12.6.